The van der Waals surface area contributed by atoms with E-state index in [0.29, 0.717) is 18.1 Å². The van der Waals surface area contributed by atoms with Crippen LogP contribution in [0.5, 0.6) is 0 Å². The summed E-state index contributed by atoms with van der Waals surface area (Å²) in [5, 5.41) is 0. The standard InChI is InChI=1S/C14H30N2O/c1-4-12(2)16(10-11-17-3)14-9-7-5-6-8-13(14)15/h12-14H,4-11,15H2,1-3H3. The van der Waals surface area contributed by atoms with Crippen LogP contribution in [0.25, 0.3) is 0 Å². The lowest BCUT2D eigenvalue weighted by Gasteiger charge is -2.38. The molecule has 0 amide bonds. The minimum absolute atomic E-state index is 0.350. The van der Waals surface area contributed by atoms with E-state index in [2.05, 4.69) is 18.7 Å². The highest BCUT2D eigenvalue weighted by Crippen LogP contribution is 2.23. The van der Waals surface area contributed by atoms with Crippen LogP contribution in [0.15, 0.2) is 0 Å². The molecule has 0 spiro atoms. The summed E-state index contributed by atoms with van der Waals surface area (Å²) < 4.78 is 5.24. The summed E-state index contributed by atoms with van der Waals surface area (Å²) in [4.78, 5) is 2.58. The fourth-order valence-corrected chi connectivity index (χ4v) is 2.87. The van der Waals surface area contributed by atoms with Gasteiger partial charge in [0.25, 0.3) is 0 Å². The molecule has 0 aromatic rings. The normalized spacial score (nSPS) is 28.1. The predicted molar refractivity (Wildman–Crippen MR) is 73.2 cm³/mol. The molecule has 3 unspecified atom stereocenters. The average molecular weight is 242 g/mol. The number of ether oxygens (including phenoxy) is 1. The van der Waals surface area contributed by atoms with E-state index in [0.717, 1.165) is 13.2 Å². The van der Waals surface area contributed by atoms with Crippen molar-refractivity contribution in [2.75, 3.05) is 20.3 Å². The quantitative estimate of drug-likeness (QED) is 0.727. The highest BCUT2D eigenvalue weighted by molar-refractivity contribution is 4.86. The van der Waals surface area contributed by atoms with Gasteiger partial charge in [-0.3, -0.25) is 4.90 Å². The van der Waals surface area contributed by atoms with Crippen LogP contribution in [-0.4, -0.2) is 43.3 Å². The third kappa shape index (κ3) is 4.57. The predicted octanol–water partition coefficient (Wildman–Crippen LogP) is 2.39. The Hall–Kier alpha value is -0.120. The SMILES string of the molecule is CCC(C)N(CCOC)C1CCCCCC1N. The van der Waals surface area contributed by atoms with Crippen LogP contribution in [-0.2, 0) is 4.74 Å². The molecule has 102 valence electrons. The van der Waals surface area contributed by atoms with Crippen molar-refractivity contribution in [1.29, 1.82) is 0 Å². The third-order valence-corrected chi connectivity index (χ3v) is 4.17. The van der Waals surface area contributed by atoms with Crippen molar-refractivity contribution >= 4 is 0 Å². The van der Waals surface area contributed by atoms with Gasteiger partial charge >= 0.3 is 0 Å². The lowest BCUT2D eigenvalue weighted by molar-refractivity contribution is 0.0734. The van der Waals surface area contributed by atoms with Crippen molar-refractivity contribution in [2.45, 2.75) is 70.5 Å². The Balaban J connectivity index is 2.64. The van der Waals surface area contributed by atoms with Crippen molar-refractivity contribution in [1.82, 2.24) is 4.90 Å². The number of rotatable bonds is 6. The molecule has 1 aliphatic rings. The van der Waals surface area contributed by atoms with E-state index >= 15 is 0 Å². The zero-order valence-electron chi connectivity index (χ0n) is 11.8. The first-order valence-corrected chi connectivity index (χ1v) is 7.21. The van der Waals surface area contributed by atoms with Crippen molar-refractivity contribution in [3.63, 3.8) is 0 Å². The van der Waals surface area contributed by atoms with Crippen molar-refractivity contribution in [3.8, 4) is 0 Å². The van der Waals surface area contributed by atoms with Crippen LogP contribution in [0.4, 0.5) is 0 Å². The molecule has 3 heteroatoms. The van der Waals surface area contributed by atoms with E-state index in [1.807, 2.05) is 0 Å². The summed E-state index contributed by atoms with van der Waals surface area (Å²) in [6, 6.07) is 1.52. The zero-order valence-corrected chi connectivity index (χ0v) is 11.8. The van der Waals surface area contributed by atoms with Gasteiger partial charge in [0.05, 0.1) is 6.61 Å². The first-order chi connectivity index (χ1) is 8.20. The monoisotopic (exact) mass is 242 g/mol. The fraction of sp³-hybridized carbons (Fsp3) is 1.00. The third-order valence-electron chi connectivity index (χ3n) is 4.17. The Labute approximate surface area is 107 Å². The van der Waals surface area contributed by atoms with Crippen LogP contribution in [0.3, 0.4) is 0 Å². The molecule has 1 aliphatic carbocycles. The summed E-state index contributed by atoms with van der Waals surface area (Å²) in [6.07, 6.45) is 7.62. The molecule has 0 aromatic heterocycles. The molecule has 0 bridgehead atoms. The molecule has 0 radical (unpaired) electrons. The zero-order chi connectivity index (χ0) is 12.7. The maximum absolute atomic E-state index is 6.36. The maximum atomic E-state index is 6.36. The minimum Gasteiger partial charge on any atom is -0.383 e. The largest absolute Gasteiger partial charge is 0.383 e. The molecule has 1 fully saturated rings. The van der Waals surface area contributed by atoms with E-state index in [9.17, 15) is 0 Å². The van der Waals surface area contributed by atoms with Gasteiger partial charge in [0.2, 0.25) is 0 Å². The molecule has 3 atom stereocenters. The molecule has 0 aromatic carbocycles. The molecule has 3 nitrogen and oxygen atoms in total. The highest BCUT2D eigenvalue weighted by Gasteiger charge is 2.28. The maximum Gasteiger partial charge on any atom is 0.0589 e. The second-order valence-electron chi connectivity index (χ2n) is 5.36. The van der Waals surface area contributed by atoms with Gasteiger partial charge in [-0.2, -0.15) is 0 Å². The van der Waals surface area contributed by atoms with Crippen LogP contribution >= 0.6 is 0 Å². The first kappa shape index (κ1) is 14.9. The average Bonchev–Trinajstić information content (AvgIpc) is 2.55. The molecule has 0 saturated heterocycles. The summed E-state index contributed by atoms with van der Waals surface area (Å²) in [5.74, 6) is 0. The minimum atomic E-state index is 0.350. The molecule has 1 saturated carbocycles. The molecule has 0 heterocycles. The Morgan fingerprint density at radius 1 is 1.29 bits per heavy atom. The Morgan fingerprint density at radius 2 is 2.00 bits per heavy atom. The van der Waals surface area contributed by atoms with Crippen LogP contribution in [0.2, 0.25) is 0 Å². The Morgan fingerprint density at radius 3 is 2.65 bits per heavy atom. The van der Waals surface area contributed by atoms with Gasteiger partial charge in [-0.05, 0) is 26.2 Å². The van der Waals surface area contributed by atoms with E-state index in [-0.39, 0.29) is 0 Å². The molecular weight excluding hydrogens is 212 g/mol. The Bertz CT molecular complexity index is 199. The number of methoxy groups -OCH3 is 1. The first-order valence-electron chi connectivity index (χ1n) is 7.21. The second-order valence-corrected chi connectivity index (χ2v) is 5.36. The number of nitrogens with two attached hydrogens (primary N) is 1. The van der Waals surface area contributed by atoms with Gasteiger partial charge in [0.1, 0.15) is 0 Å². The number of hydrogen-bond acceptors (Lipinski definition) is 3. The summed E-state index contributed by atoms with van der Waals surface area (Å²) in [6.45, 7) is 6.40. The second kappa shape index (κ2) is 8.06. The summed E-state index contributed by atoms with van der Waals surface area (Å²) in [5.41, 5.74) is 6.36. The van der Waals surface area contributed by atoms with E-state index in [1.54, 1.807) is 7.11 Å². The lowest BCUT2D eigenvalue weighted by Crippen LogP contribution is -2.51. The summed E-state index contributed by atoms with van der Waals surface area (Å²) in [7, 11) is 1.78. The van der Waals surface area contributed by atoms with Gasteiger partial charge in [-0.1, -0.05) is 26.2 Å². The Kier molecular flexibility index (Phi) is 7.09. The van der Waals surface area contributed by atoms with Gasteiger partial charge in [-0.15, -0.1) is 0 Å². The molecule has 1 rings (SSSR count). The lowest BCUT2D eigenvalue weighted by atomic mass is 9.99. The topological polar surface area (TPSA) is 38.5 Å². The highest BCUT2D eigenvalue weighted by atomic mass is 16.5. The van der Waals surface area contributed by atoms with E-state index in [4.69, 9.17) is 10.5 Å². The summed E-state index contributed by atoms with van der Waals surface area (Å²) >= 11 is 0. The van der Waals surface area contributed by atoms with Gasteiger partial charge < -0.3 is 10.5 Å². The smallest absolute Gasteiger partial charge is 0.0589 e. The van der Waals surface area contributed by atoms with Crippen LogP contribution in [0.1, 0.15) is 52.4 Å². The van der Waals surface area contributed by atoms with Gasteiger partial charge in [0, 0.05) is 31.8 Å². The fourth-order valence-electron chi connectivity index (χ4n) is 2.87. The molecule has 17 heavy (non-hydrogen) atoms. The van der Waals surface area contributed by atoms with E-state index in [1.165, 1.54) is 38.5 Å². The van der Waals surface area contributed by atoms with Gasteiger partial charge in [-0.25, -0.2) is 0 Å². The molecule has 2 N–H and O–H groups in total. The van der Waals surface area contributed by atoms with Crippen LogP contribution < -0.4 is 5.73 Å². The molecular formula is C14H30N2O. The van der Waals surface area contributed by atoms with E-state index < -0.39 is 0 Å². The molecule has 0 aliphatic heterocycles. The number of hydrogen-bond donors (Lipinski definition) is 1. The van der Waals surface area contributed by atoms with Crippen molar-refractivity contribution in [2.24, 2.45) is 5.73 Å². The van der Waals surface area contributed by atoms with Crippen molar-refractivity contribution < 1.29 is 4.74 Å². The van der Waals surface area contributed by atoms with Crippen LogP contribution in [0, 0.1) is 0 Å². The number of nitrogens with zero attached hydrogens (tertiary/aromatic N) is 1. The van der Waals surface area contributed by atoms with Crippen molar-refractivity contribution in [3.05, 3.63) is 0 Å². The van der Waals surface area contributed by atoms with Gasteiger partial charge in [0.15, 0.2) is 0 Å².